The maximum absolute atomic E-state index is 11.9. The van der Waals surface area contributed by atoms with Crippen molar-refractivity contribution in [3.63, 3.8) is 0 Å². The lowest BCUT2D eigenvalue weighted by molar-refractivity contribution is -0.114. The van der Waals surface area contributed by atoms with Crippen LogP contribution >= 0.6 is 0 Å². The Bertz CT molecular complexity index is 793. The summed E-state index contributed by atoms with van der Waals surface area (Å²) in [5, 5.41) is 0. The minimum Gasteiger partial charge on any atom is -0.465 e. The molecule has 1 amide bonds. The minimum absolute atomic E-state index is 0.400. The fourth-order valence-corrected chi connectivity index (χ4v) is 2.48. The van der Waals surface area contributed by atoms with Crippen LogP contribution in [0.1, 0.15) is 20.7 Å². The van der Waals surface area contributed by atoms with Crippen LogP contribution in [0.2, 0.25) is 0 Å². The van der Waals surface area contributed by atoms with Crippen LogP contribution in [-0.4, -0.2) is 31.8 Å². The van der Waals surface area contributed by atoms with Crippen LogP contribution in [0.5, 0.6) is 0 Å². The molecule has 0 aliphatic carbocycles. The predicted octanol–water partition coefficient (Wildman–Crippen LogP) is 2.30. The summed E-state index contributed by atoms with van der Waals surface area (Å²) >= 11 is 0. The van der Waals surface area contributed by atoms with Gasteiger partial charge in [-0.3, -0.25) is 9.59 Å². The number of likely N-dealkylation sites (N-methyl/N-ethyl adjacent to an activating group) is 1. The summed E-state index contributed by atoms with van der Waals surface area (Å²) in [5.41, 5.74) is 3.14. The van der Waals surface area contributed by atoms with Crippen LogP contribution in [0, 0.1) is 0 Å². The van der Waals surface area contributed by atoms with Crippen molar-refractivity contribution in [2.24, 2.45) is 0 Å². The molecule has 0 atom stereocenters. The largest absolute Gasteiger partial charge is 0.465 e. The van der Waals surface area contributed by atoms with Crippen LogP contribution in [0.4, 0.5) is 5.69 Å². The Hall–Kier alpha value is -2.95. The molecule has 1 aliphatic heterocycles. The van der Waals surface area contributed by atoms with Gasteiger partial charge in [0.2, 0.25) is 0 Å². The quantitative estimate of drug-likeness (QED) is 0.630. The monoisotopic (exact) mass is 295 g/mol. The first kappa shape index (κ1) is 14.0. The lowest BCUT2D eigenvalue weighted by Gasteiger charge is -2.09. The number of amides is 1. The Labute approximate surface area is 127 Å². The van der Waals surface area contributed by atoms with Crippen molar-refractivity contribution in [1.82, 2.24) is 0 Å². The third-order valence-electron chi connectivity index (χ3n) is 3.74. The fraction of sp³-hybridized carbons (Fsp3) is 0.118. The average molecular weight is 295 g/mol. The van der Waals surface area contributed by atoms with Gasteiger partial charge in [0.05, 0.1) is 23.9 Å². The fourth-order valence-electron chi connectivity index (χ4n) is 2.48. The number of rotatable bonds is 2. The average Bonchev–Trinajstić information content (AvgIpc) is 2.78. The van der Waals surface area contributed by atoms with Gasteiger partial charge < -0.3 is 9.64 Å². The second-order valence-electron chi connectivity index (χ2n) is 4.99. The highest BCUT2D eigenvalue weighted by atomic mass is 16.5. The van der Waals surface area contributed by atoms with E-state index in [1.165, 1.54) is 12.0 Å². The number of nitrogens with zero attached hydrogens (tertiary/aromatic N) is 1. The molecule has 0 bridgehead atoms. The van der Waals surface area contributed by atoms with E-state index in [4.69, 9.17) is 0 Å². The van der Waals surface area contributed by atoms with E-state index in [-0.39, 0.29) is 0 Å². The Morgan fingerprint density at radius 3 is 2.27 bits per heavy atom. The maximum atomic E-state index is 11.9. The van der Waals surface area contributed by atoms with E-state index in [0.717, 1.165) is 11.1 Å². The number of anilines is 1. The summed E-state index contributed by atoms with van der Waals surface area (Å²) < 4.78 is 4.65. The molecule has 0 aromatic heterocycles. The van der Waals surface area contributed by atoms with E-state index < -0.39 is 17.7 Å². The Kier molecular flexibility index (Phi) is 3.25. The van der Waals surface area contributed by atoms with Crippen molar-refractivity contribution in [2.75, 3.05) is 19.1 Å². The minimum atomic E-state index is -0.520. The molecular formula is C17H13NO4. The number of carbonyl (C=O) groups excluding carboxylic acids is 3. The molecule has 1 heterocycles. The first-order valence-electron chi connectivity index (χ1n) is 6.68. The molecule has 110 valence electrons. The molecule has 0 saturated heterocycles. The Morgan fingerprint density at radius 2 is 1.64 bits per heavy atom. The Balaban J connectivity index is 1.99. The molecule has 0 spiro atoms. The van der Waals surface area contributed by atoms with Gasteiger partial charge in [0.25, 0.3) is 11.7 Å². The number of Topliss-reactive ketones (excluding diaryl/α,β-unsaturated/α-hetero) is 1. The second-order valence-corrected chi connectivity index (χ2v) is 4.99. The zero-order chi connectivity index (χ0) is 15.9. The highest BCUT2D eigenvalue weighted by Gasteiger charge is 2.33. The van der Waals surface area contributed by atoms with E-state index in [9.17, 15) is 14.4 Å². The molecule has 5 heteroatoms. The van der Waals surface area contributed by atoms with Gasteiger partial charge in [0.1, 0.15) is 0 Å². The topological polar surface area (TPSA) is 63.7 Å². The molecule has 2 aromatic rings. The number of methoxy groups -OCH3 is 1. The van der Waals surface area contributed by atoms with Crippen molar-refractivity contribution in [3.05, 3.63) is 53.6 Å². The molecule has 0 saturated carbocycles. The van der Waals surface area contributed by atoms with Gasteiger partial charge in [-0.1, -0.05) is 18.2 Å². The molecule has 3 rings (SSSR count). The molecule has 0 unspecified atom stereocenters. The molecule has 1 aliphatic rings. The first-order chi connectivity index (χ1) is 10.5. The summed E-state index contributed by atoms with van der Waals surface area (Å²) in [6, 6.07) is 12.2. The SMILES string of the molecule is COC(=O)c1ccc(-c2ccc3c(c2)C(=O)C(=O)N3C)cc1. The first-order valence-corrected chi connectivity index (χ1v) is 6.68. The number of carbonyl (C=O) groups is 3. The van der Waals surface area contributed by atoms with Gasteiger partial charge in [-0.25, -0.2) is 4.79 Å². The highest BCUT2D eigenvalue weighted by molar-refractivity contribution is 6.52. The van der Waals surface area contributed by atoms with Crippen molar-refractivity contribution >= 4 is 23.3 Å². The van der Waals surface area contributed by atoms with Gasteiger partial charge >= 0.3 is 5.97 Å². The van der Waals surface area contributed by atoms with Gasteiger partial charge in [-0.05, 0) is 35.4 Å². The molecule has 0 fully saturated rings. The van der Waals surface area contributed by atoms with Crippen LogP contribution < -0.4 is 4.90 Å². The van der Waals surface area contributed by atoms with Crippen molar-refractivity contribution in [3.8, 4) is 11.1 Å². The van der Waals surface area contributed by atoms with E-state index in [1.807, 2.05) is 6.07 Å². The normalized spacial score (nSPS) is 13.3. The lowest BCUT2D eigenvalue weighted by Crippen LogP contribution is -2.24. The second kappa shape index (κ2) is 5.11. The number of benzene rings is 2. The summed E-state index contributed by atoms with van der Waals surface area (Å²) in [5.74, 6) is -1.42. The van der Waals surface area contributed by atoms with E-state index in [0.29, 0.717) is 16.8 Å². The third kappa shape index (κ3) is 2.07. The maximum Gasteiger partial charge on any atom is 0.337 e. The van der Waals surface area contributed by atoms with Gasteiger partial charge in [-0.2, -0.15) is 0 Å². The van der Waals surface area contributed by atoms with Crippen molar-refractivity contribution in [2.45, 2.75) is 0 Å². The number of ether oxygens (including phenoxy) is 1. The summed E-state index contributed by atoms with van der Waals surface area (Å²) in [7, 11) is 2.91. The lowest BCUT2D eigenvalue weighted by atomic mass is 10.0. The molecule has 5 nitrogen and oxygen atoms in total. The standard InChI is InChI=1S/C17H13NO4/c1-18-14-8-7-12(9-13(14)15(19)16(18)20)10-3-5-11(6-4-10)17(21)22-2/h3-9H,1-2H3. The van der Waals surface area contributed by atoms with Crippen molar-refractivity contribution in [1.29, 1.82) is 0 Å². The van der Waals surface area contributed by atoms with Gasteiger partial charge in [0, 0.05) is 7.05 Å². The number of hydrogen-bond donors (Lipinski definition) is 0. The predicted molar refractivity (Wildman–Crippen MR) is 81.0 cm³/mol. The van der Waals surface area contributed by atoms with Crippen LogP contribution in [0.15, 0.2) is 42.5 Å². The number of hydrogen-bond acceptors (Lipinski definition) is 4. The van der Waals surface area contributed by atoms with Gasteiger partial charge in [-0.15, -0.1) is 0 Å². The summed E-state index contributed by atoms with van der Waals surface area (Å²) in [6.07, 6.45) is 0. The van der Waals surface area contributed by atoms with E-state index >= 15 is 0 Å². The van der Waals surface area contributed by atoms with Crippen LogP contribution in [-0.2, 0) is 9.53 Å². The summed E-state index contributed by atoms with van der Waals surface area (Å²) in [6.45, 7) is 0. The summed E-state index contributed by atoms with van der Waals surface area (Å²) in [4.78, 5) is 36.4. The molecule has 0 N–H and O–H groups in total. The number of ketones is 1. The zero-order valence-electron chi connectivity index (χ0n) is 12.1. The molecule has 2 aromatic carbocycles. The van der Waals surface area contributed by atoms with Crippen LogP contribution in [0.25, 0.3) is 11.1 Å². The highest BCUT2D eigenvalue weighted by Crippen LogP contribution is 2.32. The van der Waals surface area contributed by atoms with Crippen molar-refractivity contribution < 1.29 is 19.1 Å². The van der Waals surface area contributed by atoms with E-state index in [2.05, 4.69) is 4.74 Å². The number of esters is 1. The van der Waals surface area contributed by atoms with Gasteiger partial charge in [0.15, 0.2) is 0 Å². The number of fused-ring (bicyclic) bond motifs is 1. The zero-order valence-corrected chi connectivity index (χ0v) is 12.1. The third-order valence-corrected chi connectivity index (χ3v) is 3.74. The Morgan fingerprint density at radius 1 is 1.00 bits per heavy atom. The molecular weight excluding hydrogens is 282 g/mol. The molecule has 0 radical (unpaired) electrons. The smallest absolute Gasteiger partial charge is 0.337 e. The molecule has 22 heavy (non-hydrogen) atoms. The van der Waals surface area contributed by atoms with Crippen LogP contribution in [0.3, 0.4) is 0 Å². The van der Waals surface area contributed by atoms with E-state index in [1.54, 1.807) is 43.4 Å².